The molecule has 1 fully saturated rings. The van der Waals surface area contributed by atoms with Gasteiger partial charge in [-0.3, -0.25) is 4.40 Å². The molecule has 0 aliphatic carbocycles. The maximum absolute atomic E-state index is 13.3. The number of carbonyl (C=O) groups excluding carboxylic acids is 1. The van der Waals surface area contributed by atoms with Crippen LogP contribution in [0.3, 0.4) is 0 Å². The summed E-state index contributed by atoms with van der Waals surface area (Å²) in [6.45, 7) is 2.81. The number of piperidine rings is 1. The molecule has 0 bridgehead atoms. The van der Waals surface area contributed by atoms with Crippen LogP contribution in [-0.2, 0) is 14.8 Å². The first-order valence-corrected chi connectivity index (χ1v) is 16.1. The second kappa shape index (κ2) is 11.8. The molecule has 0 unspecified atom stereocenters. The zero-order valence-corrected chi connectivity index (χ0v) is 25.0. The van der Waals surface area contributed by atoms with Gasteiger partial charge >= 0.3 is 5.97 Å². The van der Waals surface area contributed by atoms with Crippen molar-refractivity contribution in [2.75, 3.05) is 25.0 Å². The van der Waals surface area contributed by atoms with E-state index in [0.29, 0.717) is 41.8 Å². The minimum atomic E-state index is -3.66. The Hall–Kier alpha value is -3.84. The number of imidazole rings is 1. The minimum Gasteiger partial charge on any atom is -0.462 e. The lowest BCUT2D eigenvalue weighted by molar-refractivity contribution is 0.0526. The highest BCUT2D eigenvalue weighted by molar-refractivity contribution is 7.89. The molecular formula is C29H27ClN6O4S2. The van der Waals surface area contributed by atoms with E-state index >= 15 is 0 Å². The fourth-order valence-electron chi connectivity index (χ4n) is 4.99. The van der Waals surface area contributed by atoms with Gasteiger partial charge in [0, 0.05) is 47.5 Å². The van der Waals surface area contributed by atoms with Gasteiger partial charge < -0.3 is 10.1 Å². The summed E-state index contributed by atoms with van der Waals surface area (Å²) in [6, 6.07) is 15.0. The van der Waals surface area contributed by atoms with E-state index in [0.717, 1.165) is 28.3 Å². The molecule has 1 aliphatic rings. The summed E-state index contributed by atoms with van der Waals surface area (Å²) < 4.78 is 35.1. The Bertz CT molecular complexity index is 1840. The molecule has 216 valence electrons. The van der Waals surface area contributed by atoms with Crippen molar-refractivity contribution in [3.8, 4) is 22.6 Å². The van der Waals surface area contributed by atoms with E-state index in [4.69, 9.17) is 26.3 Å². The minimum absolute atomic E-state index is 0.169. The molecule has 6 rings (SSSR count). The van der Waals surface area contributed by atoms with Gasteiger partial charge in [0.15, 0.2) is 4.96 Å². The van der Waals surface area contributed by atoms with E-state index in [1.54, 1.807) is 37.4 Å². The van der Waals surface area contributed by atoms with Crippen LogP contribution in [0.1, 0.15) is 30.1 Å². The summed E-state index contributed by atoms with van der Waals surface area (Å²) >= 11 is 7.46. The zero-order valence-electron chi connectivity index (χ0n) is 22.6. The first-order chi connectivity index (χ1) is 20.3. The summed E-state index contributed by atoms with van der Waals surface area (Å²) in [5.41, 5.74) is 3.47. The first-order valence-electron chi connectivity index (χ1n) is 13.4. The van der Waals surface area contributed by atoms with Gasteiger partial charge in [-0.05, 0) is 62.2 Å². The number of nitrogens with one attached hydrogen (secondary N) is 1. The summed E-state index contributed by atoms with van der Waals surface area (Å²) in [5.74, 6) is 0.0286. The fourth-order valence-corrected chi connectivity index (χ4v) is 7.35. The van der Waals surface area contributed by atoms with E-state index in [1.807, 2.05) is 34.2 Å². The number of fused-ring (bicyclic) bond motifs is 1. The number of thiazole rings is 1. The van der Waals surface area contributed by atoms with Crippen LogP contribution in [0.2, 0.25) is 5.02 Å². The molecule has 4 heterocycles. The van der Waals surface area contributed by atoms with E-state index in [2.05, 4.69) is 10.3 Å². The Balaban J connectivity index is 1.26. The van der Waals surface area contributed by atoms with Gasteiger partial charge in [-0.2, -0.15) is 4.31 Å². The summed E-state index contributed by atoms with van der Waals surface area (Å²) in [4.78, 5) is 27.3. The lowest BCUT2D eigenvalue weighted by Crippen LogP contribution is -2.45. The number of rotatable bonds is 8. The number of ether oxygens (including phenoxy) is 1. The molecule has 1 saturated heterocycles. The van der Waals surface area contributed by atoms with Crippen LogP contribution in [0, 0.1) is 0 Å². The average Bonchev–Trinajstić information content (AvgIpc) is 3.60. The number of halogens is 1. The standard InChI is InChI=1S/C29H27ClN6O4S2/c1-2-40-27(37)20-7-5-19(6-8-20)25-26(36-16-17-41-29(36)34-25)24-13-14-31-28(33-24)32-22-4-3-15-35(18-22)42(38,39)23-11-9-21(30)10-12-23/h5-14,16-17,22H,2-4,15,18H2,1H3,(H,31,32,33)/t22-/m1/s1. The van der Waals surface area contributed by atoms with Gasteiger partial charge in [0.05, 0.1) is 28.5 Å². The fraction of sp³-hybridized carbons (Fsp3) is 0.241. The summed E-state index contributed by atoms with van der Waals surface area (Å²) in [6.07, 6.45) is 5.10. The zero-order chi connectivity index (χ0) is 29.3. The molecule has 42 heavy (non-hydrogen) atoms. The quantitative estimate of drug-likeness (QED) is 0.222. The Labute approximate surface area is 252 Å². The normalized spacial score (nSPS) is 16.0. The molecule has 0 saturated carbocycles. The van der Waals surface area contributed by atoms with Gasteiger partial charge in [-0.15, -0.1) is 11.3 Å². The van der Waals surface area contributed by atoms with Gasteiger partial charge in [0.2, 0.25) is 16.0 Å². The van der Waals surface area contributed by atoms with Crippen molar-refractivity contribution < 1.29 is 17.9 Å². The van der Waals surface area contributed by atoms with Gasteiger partial charge in [0.1, 0.15) is 5.69 Å². The molecule has 1 N–H and O–H groups in total. The number of aromatic nitrogens is 4. The van der Waals surface area contributed by atoms with Crippen molar-refractivity contribution in [2.45, 2.75) is 30.7 Å². The molecule has 1 aliphatic heterocycles. The summed E-state index contributed by atoms with van der Waals surface area (Å²) in [7, 11) is -3.66. The van der Waals surface area contributed by atoms with E-state index in [9.17, 15) is 13.2 Å². The van der Waals surface area contributed by atoms with Crippen molar-refractivity contribution in [3.05, 3.63) is 83.0 Å². The summed E-state index contributed by atoms with van der Waals surface area (Å²) in [5, 5.41) is 5.79. The Kier molecular flexibility index (Phi) is 7.95. The topological polar surface area (TPSA) is 119 Å². The number of esters is 1. The van der Waals surface area contributed by atoms with Gasteiger partial charge in [-0.1, -0.05) is 23.7 Å². The highest BCUT2D eigenvalue weighted by Gasteiger charge is 2.31. The molecule has 13 heteroatoms. The monoisotopic (exact) mass is 622 g/mol. The lowest BCUT2D eigenvalue weighted by atomic mass is 10.1. The predicted molar refractivity (Wildman–Crippen MR) is 162 cm³/mol. The Morgan fingerprint density at radius 2 is 1.90 bits per heavy atom. The Morgan fingerprint density at radius 3 is 2.67 bits per heavy atom. The number of benzene rings is 2. The van der Waals surface area contributed by atoms with Crippen LogP contribution in [0.4, 0.5) is 5.95 Å². The maximum atomic E-state index is 13.3. The van der Waals surface area contributed by atoms with Crippen molar-refractivity contribution in [1.29, 1.82) is 0 Å². The molecular weight excluding hydrogens is 596 g/mol. The van der Waals surface area contributed by atoms with Crippen molar-refractivity contribution in [1.82, 2.24) is 23.7 Å². The molecule has 5 aromatic rings. The molecule has 10 nitrogen and oxygen atoms in total. The third-order valence-corrected chi connectivity index (χ3v) is 9.89. The second-order valence-corrected chi connectivity index (χ2v) is 13.0. The van der Waals surface area contributed by atoms with Crippen LogP contribution >= 0.6 is 22.9 Å². The molecule has 2 aromatic carbocycles. The van der Waals surface area contributed by atoms with Crippen molar-refractivity contribution >= 4 is 49.8 Å². The third kappa shape index (κ3) is 5.62. The van der Waals surface area contributed by atoms with Crippen LogP contribution in [0.5, 0.6) is 0 Å². The largest absolute Gasteiger partial charge is 0.462 e. The third-order valence-electron chi connectivity index (χ3n) is 7.00. The maximum Gasteiger partial charge on any atom is 0.338 e. The van der Waals surface area contributed by atoms with Crippen molar-refractivity contribution in [3.63, 3.8) is 0 Å². The van der Waals surface area contributed by atoms with Crippen LogP contribution < -0.4 is 5.32 Å². The van der Waals surface area contributed by atoms with Gasteiger partial charge in [0.25, 0.3) is 0 Å². The molecule has 0 spiro atoms. The number of carbonyl (C=O) groups is 1. The van der Waals surface area contributed by atoms with E-state index in [1.165, 1.54) is 27.8 Å². The van der Waals surface area contributed by atoms with Crippen LogP contribution in [0.25, 0.3) is 27.6 Å². The van der Waals surface area contributed by atoms with Gasteiger partial charge in [-0.25, -0.2) is 28.2 Å². The second-order valence-electron chi connectivity index (χ2n) is 9.73. The number of anilines is 1. The smallest absolute Gasteiger partial charge is 0.338 e. The Morgan fingerprint density at radius 1 is 1.12 bits per heavy atom. The van der Waals surface area contributed by atoms with Crippen LogP contribution in [0.15, 0.2) is 77.3 Å². The highest BCUT2D eigenvalue weighted by atomic mass is 35.5. The van der Waals surface area contributed by atoms with E-state index in [-0.39, 0.29) is 23.5 Å². The van der Waals surface area contributed by atoms with E-state index < -0.39 is 10.0 Å². The van der Waals surface area contributed by atoms with Crippen molar-refractivity contribution in [2.24, 2.45) is 0 Å². The number of hydrogen-bond acceptors (Lipinski definition) is 9. The highest BCUT2D eigenvalue weighted by Crippen LogP contribution is 2.34. The van der Waals surface area contributed by atoms with Crippen LogP contribution in [-0.4, -0.2) is 63.8 Å². The number of sulfonamides is 1. The number of hydrogen-bond donors (Lipinski definition) is 1. The average molecular weight is 623 g/mol. The molecule has 1 atom stereocenters. The molecule has 0 radical (unpaired) electrons. The lowest BCUT2D eigenvalue weighted by Gasteiger charge is -2.32. The molecule has 3 aromatic heterocycles. The SMILES string of the molecule is CCOC(=O)c1ccc(-c2nc3sccn3c2-c2ccnc(N[C@@H]3CCCN(S(=O)(=O)c4ccc(Cl)cc4)C3)n2)cc1. The predicted octanol–water partition coefficient (Wildman–Crippen LogP) is 5.62. The first kappa shape index (κ1) is 28.3. The molecule has 0 amide bonds. The number of nitrogens with zero attached hydrogens (tertiary/aromatic N) is 5.